The molecule has 9 nitrogen and oxygen atoms in total. The highest BCUT2D eigenvalue weighted by Gasteiger charge is 2.18. The molecule has 0 radical (unpaired) electrons. The van der Waals surface area contributed by atoms with Crippen LogP contribution in [0, 0.1) is 6.92 Å². The summed E-state index contributed by atoms with van der Waals surface area (Å²) < 4.78 is 12.5. The summed E-state index contributed by atoms with van der Waals surface area (Å²) in [6.45, 7) is 2.61. The van der Waals surface area contributed by atoms with Crippen LogP contribution in [-0.4, -0.2) is 32.5 Å². The summed E-state index contributed by atoms with van der Waals surface area (Å²) in [4.78, 5) is 24.2. The highest BCUT2D eigenvalue weighted by Crippen LogP contribution is 2.25. The molecular weight excluding hydrogens is 430 g/mol. The Morgan fingerprint density at radius 1 is 1.03 bits per heavy atom. The van der Waals surface area contributed by atoms with Crippen molar-refractivity contribution in [1.82, 2.24) is 25.4 Å². The number of rotatable bonds is 8. The Balaban J connectivity index is 1.42. The van der Waals surface area contributed by atoms with Gasteiger partial charge in [0, 0.05) is 5.56 Å². The van der Waals surface area contributed by atoms with Gasteiger partial charge in [-0.1, -0.05) is 35.5 Å². The molecule has 4 rings (SSSR count). The lowest BCUT2D eigenvalue weighted by atomic mass is 10.1. The van der Waals surface area contributed by atoms with Gasteiger partial charge in [0.2, 0.25) is 5.91 Å². The van der Waals surface area contributed by atoms with E-state index in [0.717, 1.165) is 16.9 Å². The average Bonchev–Trinajstić information content (AvgIpc) is 3.54. The van der Waals surface area contributed by atoms with Gasteiger partial charge >= 0.3 is 6.03 Å². The topological polar surface area (TPSA) is 115 Å². The number of amides is 3. The SMILES string of the molecule is Cc1cccc(-c2nnc(SCC(=O)NC(=O)NCc3ccco3)n2Cc2ccco2)c1. The summed E-state index contributed by atoms with van der Waals surface area (Å²) in [5.74, 6) is 1.55. The molecule has 1 aromatic carbocycles. The van der Waals surface area contributed by atoms with Crippen molar-refractivity contribution in [3.05, 3.63) is 78.1 Å². The van der Waals surface area contributed by atoms with Crippen LogP contribution in [0.25, 0.3) is 11.4 Å². The van der Waals surface area contributed by atoms with Crippen molar-refractivity contribution in [3.63, 3.8) is 0 Å². The summed E-state index contributed by atoms with van der Waals surface area (Å²) in [5.41, 5.74) is 2.02. The van der Waals surface area contributed by atoms with E-state index in [1.807, 2.05) is 47.9 Å². The Bertz CT molecular complexity index is 1190. The fourth-order valence-electron chi connectivity index (χ4n) is 3.01. The van der Waals surface area contributed by atoms with Crippen LogP contribution in [0.15, 0.2) is 75.0 Å². The zero-order valence-electron chi connectivity index (χ0n) is 17.3. The second-order valence-electron chi connectivity index (χ2n) is 6.94. The van der Waals surface area contributed by atoms with Crippen LogP contribution in [0.3, 0.4) is 0 Å². The minimum atomic E-state index is -0.593. The van der Waals surface area contributed by atoms with Gasteiger partial charge in [-0.15, -0.1) is 10.2 Å². The number of carbonyl (C=O) groups is 2. The maximum Gasteiger partial charge on any atom is 0.321 e. The van der Waals surface area contributed by atoms with E-state index in [0.29, 0.717) is 23.3 Å². The number of nitrogens with one attached hydrogen (secondary N) is 2. The molecule has 32 heavy (non-hydrogen) atoms. The number of imide groups is 1. The van der Waals surface area contributed by atoms with Gasteiger partial charge in [-0.2, -0.15) is 0 Å². The first-order valence-corrected chi connectivity index (χ1v) is 10.8. The van der Waals surface area contributed by atoms with Gasteiger partial charge < -0.3 is 14.2 Å². The first-order valence-electron chi connectivity index (χ1n) is 9.84. The maximum absolute atomic E-state index is 12.2. The van der Waals surface area contributed by atoms with E-state index in [4.69, 9.17) is 8.83 Å². The molecule has 3 aromatic heterocycles. The molecule has 0 aliphatic heterocycles. The minimum absolute atomic E-state index is 0.00171. The molecule has 0 saturated heterocycles. The van der Waals surface area contributed by atoms with E-state index < -0.39 is 11.9 Å². The van der Waals surface area contributed by atoms with Crippen molar-refractivity contribution in [3.8, 4) is 11.4 Å². The predicted molar refractivity (Wildman–Crippen MR) is 118 cm³/mol. The van der Waals surface area contributed by atoms with E-state index in [1.165, 1.54) is 18.0 Å². The van der Waals surface area contributed by atoms with Gasteiger partial charge in [-0.25, -0.2) is 4.79 Å². The lowest BCUT2D eigenvalue weighted by Crippen LogP contribution is -2.39. The highest BCUT2D eigenvalue weighted by atomic mass is 32.2. The van der Waals surface area contributed by atoms with Crippen molar-refractivity contribution in [2.45, 2.75) is 25.2 Å². The van der Waals surface area contributed by atoms with Crippen LogP contribution < -0.4 is 10.6 Å². The van der Waals surface area contributed by atoms with E-state index in [-0.39, 0.29) is 12.3 Å². The summed E-state index contributed by atoms with van der Waals surface area (Å²) in [6.07, 6.45) is 3.12. The Morgan fingerprint density at radius 3 is 2.53 bits per heavy atom. The van der Waals surface area contributed by atoms with Crippen LogP contribution >= 0.6 is 11.8 Å². The molecule has 2 N–H and O–H groups in total. The Labute approximate surface area is 188 Å². The van der Waals surface area contributed by atoms with Crippen molar-refractivity contribution in [1.29, 1.82) is 0 Å². The number of hydrogen-bond acceptors (Lipinski definition) is 7. The molecule has 10 heteroatoms. The largest absolute Gasteiger partial charge is 0.467 e. The van der Waals surface area contributed by atoms with E-state index in [1.54, 1.807) is 18.4 Å². The lowest BCUT2D eigenvalue weighted by Gasteiger charge is -2.09. The van der Waals surface area contributed by atoms with Gasteiger partial charge in [-0.05, 0) is 37.3 Å². The third-order valence-electron chi connectivity index (χ3n) is 4.48. The molecule has 0 saturated carbocycles. The molecule has 0 spiro atoms. The van der Waals surface area contributed by atoms with E-state index in [9.17, 15) is 9.59 Å². The van der Waals surface area contributed by atoms with Gasteiger partial charge in [0.25, 0.3) is 0 Å². The predicted octanol–water partition coefficient (Wildman–Crippen LogP) is 3.61. The number of nitrogens with zero attached hydrogens (tertiary/aromatic N) is 3. The number of aromatic nitrogens is 3. The van der Waals surface area contributed by atoms with Crippen molar-refractivity contribution < 1.29 is 18.4 Å². The normalized spacial score (nSPS) is 10.8. The molecule has 0 aliphatic rings. The third-order valence-corrected chi connectivity index (χ3v) is 5.44. The van der Waals surface area contributed by atoms with Gasteiger partial charge in [0.15, 0.2) is 11.0 Å². The molecule has 0 atom stereocenters. The molecule has 0 aliphatic carbocycles. The average molecular weight is 452 g/mol. The summed E-state index contributed by atoms with van der Waals surface area (Å²) >= 11 is 1.19. The Kier molecular flexibility index (Phi) is 6.71. The molecule has 164 valence electrons. The lowest BCUT2D eigenvalue weighted by molar-refractivity contribution is -0.117. The van der Waals surface area contributed by atoms with E-state index >= 15 is 0 Å². The molecule has 3 heterocycles. The van der Waals surface area contributed by atoms with Gasteiger partial charge in [-0.3, -0.25) is 14.7 Å². The zero-order chi connectivity index (χ0) is 22.3. The highest BCUT2D eigenvalue weighted by molar-refractivity contribution is 7.99. The fraction of sp³-hybridized carbons (Fsp3) is 0.182. The smallest absolute Gasteiger partial charge is 0.321 e. The Hall–Kier alpha value is -3.79. The second kappa shape index (κ2) is 10.0. The summed E-state index contributed by atoms with van der Waals surface area (Å²) in [5, 5.41) is 14.0. The van der Waals surface area contributed by atoms with Crippen molar-refractivity contribution in [2.24, 2.45) is 0 Å². The standard InChI is InChI=1S/C22H21N5O4S/c1-15-5-2-6-16(11-15)20-25-26-22(27(20)13-18-8-4-10-31-18)32-14-19(28)24-21(29)23-12-17-7-3-9-30-17/h2-11H,12-14H2,1H3,(H2,23,24,28,29). The number of carbonyl (C=O) groups excluding carboxylic acids is 2. The first kappa shape index (κ1) is 21.4. The monoisotopic (exact) mass is 451 g/mol. The molecule has 0 fully saturated rings. The molecular formula is C22H21N5O4S. The van der Waals surface area contributed by atoms with Crippen molar-refractivity contribution in [2.75, 3.05) is 5.75 Å². The van der Waals surface area contributed by atoms with Crippen LogP contribution in [0.5, 0.6) is 0 Å². The number of hydrogen-bond donors (Lipinski definition) is 2. The number of aryl methyl sites for hydroxylation is 1. The second-order valence-corrected chi connectivity index (χ2v) is 7.88. The van der Waals surface area contributed by atoms with Crippen LogP contribution in [-0.2, 0) is 17.9 Å². The van der Waals surface area contributed by atoms with Crippen molar-refractivity contribution >= 4 is 23.7 Å². The van der Waals surface area contributed by atoms with Gasteiger partial charge in [0.1, 0.15) is 11.5 Å². The number of furan rings is 2. The van der Waals surface area contributed by atoms with Crippen LogP contribution in [0.2, 0.25) is 0 Å². The van der Waals surface area contributed by atoms with Gasteiger partial charge in [0.05, 0.1) is 31.4 Å². The van der Waals surface area contributed by atoms with Crippen LogP contribution in [0.4, 0.5) is 4.79 Å². The Morgan fingerprint density at radius 2 is 1.81 bits per heavy atom. The third kappa shape index (κ3) is 5.46. The zero-order valence-corrected chi connectivity index (χ0v) is 18.1. The first-order chi connectivity index (χ1) is 15.6. The molecule has 0 bridgehead atoms. The molecule has 0 unspecified atom stereocenters. The number of thioether (sulfide) groups is 1. The quantitative estimate of drug-likeness (QED) is 0.393. The summed E-state index contributed by atoms with van der Waals surface area (Å²) in [6, 6.07) is 14.5. The minimum Gasteiger partial charge on any atom is -0.467 e. The molecule has 4 aromatic rings. The molecule has 3 amide bonds. The maximum atomic E-state index is 12.2. The summed E-state index contributed by atoms with van der Waals surface area (Å²) in [7, 11) is 0. The number of urea groups is 1. The number of benzene rings is 1. The van der Waals surface area contributed by atoms with Crippen LogP contribution in [0.1, 0.15) is 17.1 Å². The van der Waals surface area contributed by atoms with E-state index in [2.05, 4.69) is 20.8 Å². The fourth-order valence-corrected chi connectivity index (χ4v) is 3.75.